The van der Waals surface area contributed by atoms with Crippen LogP contribution >= 0.6 is 12.4 Å². The Balaban J connectivity index is 0.00000169. The van der Waals surface area contributed by atoms with Crippen LogP contribution in [0.5, 0.6) is 11.5 Å². The number of anilines is 2. The quantitative estimate of drug-likeness (QED) is 0.484. The van der Waals surface area contributed by atoms with Crippen LogP contribution < -0.4 is 16.2 Å². The molecule has 0 saturated heterocycles. The molecular formula is C20H17ClN2O. The summed E-state index contributed by atoms with van der Waals surface area (Å²) in [5, 5.41) is 4.10. The van der Waals surface area contributed by atoms with E-state index in [-0.39, 0.29) is 12.4 Å². The normalized spacial score (nSPS) is 10.5. The molecule has 4 rings (SSSR count). The Morgan fingerprint density at radius 1 is 0.542 bits per heavy atom. The Morgan fingerprint density at radius 2 is 0.958 bits per heavy atom. The van der Waals surface area contributed by atoms with Crippen LogP contribution in [0.25, 0.3) is 21.5 Å². The fraction of sp³-hybridized carbons (Fsp3) is 0. The van der Waals surface area contributed by atoms with E-state index in [9.17, 15) is 0 Å². The van der Waals surface area contributed by atoms with Gasteiger partial charge >= 0.3 is 0 Å². The first-order chi connectivity index (χ1) is 11.2. The Morgan fingerprint density at radius 3 is 1.42 bits per heavy atom. The predicted octanol–water partition coefficient (Wildman–Crippen LogP) is 5.37. The van der Waals surface area contributed by atoms with E-state index in [1.54, 1.807) is 0 Å². The number of fused-ring (bicyclic) bond motifs is 2. The minimum Gasteiger partial charge on any atom is -0.452 e. The summed E-state index contributed by atoms with van der Waals surface area (Å²) >= 11 is 0. The van der Waals surface area contributed by atoms with Crippen LogP contribution in [-0.2, 0) is 0 Å². The first kappa shape index (κ1) is 16.0. The highest BCUT2D eigenvalue weighted by Gasteiger charge is 2.12. The smallest absolute Gasteiger partial charge is 0.158 e. The van der Waals surface area contributed by atoms with Gasteiger partial charge in [0, 0.05) is 10.8 Å². The lowest BCUT2D eigenvalue weighted by molar-refractivity contribution is 0.499. The predicted molar refractivity (Wildman–Crippen MR) is 104 cm³/mol. The molecule has 0 aliphatic rings. The fourth-order valence-corrected chi connectivity index (χ4v) is 2.85. The molecule has 4 heteroatoms. The van der Waals surface area contributed by atoms with E-state index in [1.807, 2.05) is 72.8 Å². The van der Waals surface area contributed by atoms with Gasteiger partial charge in [0.1, 0.15) is 0 Å². The molecule has 3 nitrogen and oxygen atoms in total. The van der Waals surface area contributed by atoms with Gasteiger partial charge < -0.3 is 16.2 Å². The van der Waals surface area contributed by atoms with E-state index in [0.29, 0.717) is 22.9 Å². The second-order valence-electron chi connectivity index (χ2n) is 5.51. The van der Waals surface area contributed by atoms with E-state index in [2.05, 4.69) is 0 Å². The van der Waals surface area contributed by atoms with Crippen molar-refractivity contribution in [1.29, 1.82) is 0 Å². The molecule has 24 heavy (non-hydrogen) atoms. The molecule has 4 aromatic rings. The lowest BCUT2D eigenvalue weighted by Crippen LogP contribution is -1.97. The third-order valence-corrected chi connectivity index (χ3v) is 4.02. The van der Waals surface area contributed by atoms with Gasteiger partial charge in [0.2, 0.25) is 0 Å². The van der Waals surface area contributed by atoms with Gasteiger partial charge in [-0.3, -0.25) is 0 Å². The summed E-state index contributed by atoms with van der Waals surface area (Å²) in [6.07, 6.45) is 0. The Bertz CT molecular complexity index is 947. The molecule has 0 saturated carbocycles. The topological polar surface area (TPSA) is 61.3 Å². The van der Waals surface area contributed by atoms with E-state index in [0.717, 1.165) is 21.5 Å². The van der Waals surface area contributed by atoms with Crippen LogP contribution in [0.4, 0.5) is 11.4 Å². The van der Waals surface area contributed by atoms with E-state index in [1.165, 1.54) is 0 Å². The maximum absolute atomic E-state index is 6.22. The van der Waals surface area contributed by atoms with Gasteiger partial charge in [-0.1, -0.05) is 60.7 Å². The standard InChI is InChI=1S/C20H16N2O.ClH/c21-17-11-9-13-5-1-3-7-15(13)19(17)23-20-16-8-4-2-6-14(16)10-12-18(20)22;/h1-12H,21-22H2;1H. The van der Waals surface area contributed by atoms with Crippen LogP contribution in [-0.4, -0.2) is 0 Å². The van der Waals surface area contributed by atoms with Crippen molar-refractivity contribution in [2.75, 3.05) is 11.5 Å². The van der Waals surface area contributed by atoms with Gasteiger partial charge in [0.25, 0.3) is 0 Å². The molecule has 0 amide bonds. The number of nitrogens with two attached hydrogens (primary N) is 2. The molecule has 0 fully saturated rings. The minimum atomic E-state index is 0. The van der Waals surface area contributed by atoms with Gasteiger partial charge in [-0.05, 0) is 22.9 Å². The lowest BCUT2D eigenvalue weighted by atomic mass is 10.1. The number of hydrogen-bond donors (Lipinski definition) is 2. The molecule has 0 spiro atoms. The Kier molecular flexibility index (Phi) is 4.19. The first-order valence-electron chi connectivity index (χ1n) is 7.46. The van der Waals surface area contributed by atoms with Gasteiger partial charge in [-0.2, -0.15) is 0 Å². The highest BCUT2D eigenvalue weighted by Crippen LogP contribution is 2.40. The maximum Gasteiger partial charge on any atom is 0.158 e. The van der Waals surface area contributed by atoms with Crippen LogP contribution in [0, 0.1) is 0 Å². The van der Waals surface area contributed by atoms with Gasteiger partial charge in [-0.25, -0.2) is 0 Å². The summed E-state index contributed by atoms with van der Waals surface area (Å²) < 4.78 is 6.22. The lowest BCUT2D eigenvalue weighted by Gasteiger charge is -2.15. The second-order valence-corrected chi connectivity index (χ2v) is 5.51. The van der Waals surface area contributed by atoms with Crippen molar-refractivity contribution in [3.63, 3.8) is 0 Å². The van der Waals surface area contributed by atoms with E-state index in [4.69, 9.17) is 16.2 Å². The minimum absolute atomic E-state index is 0. The molecule has 0 heterocycles. The van der Waals surface area contributed by atoms with Crippen LogP contribution in [0.3, 0.4) is 0 Å². The summed E-state index contributed by atoms with van der Waals surface area (Å²) in [5.74, 6) is 1.29. The van der Waals surface area contributed by atoms with Crippen molar-refractivity contribution in [2.45, 2.75) is 0 Å². The number of ether oxygens (including phenoxy) is 1. The Labute approximate surface area is 146 Å². The molecule has 0 aromatic heterocycles. The van der Waals surface area contributed by atoms with Crippen LogP contribution in [0.15, 0.2) is 72.8 Å². The monoisotopic (exact) mass is 336 g/mol. The summed E-state index contributed by atoms with van der Waals surface area (Å²) in [7, 11) is 0. The average molecular weight is 337 g/mol. The molecule has 0 bridgehead atoms. The van der Waals surface area contributed by atoms with Crippen molar-refractivity contribution in [2.24, 2.45) is 0 Å². The molecule has 0 aliphatic carbocycles. The Hall–Kier alpha value is -2.91. The van der Waals surface area contributed by atoms with Crippen molar-refractivity contribution < 1.29 is 4.74 Å². The summed E-state index contributed by atoms with van der Waals surface area (Å²) in [5.41, 5.74) is 13.5. The number of halogens is 1. The van der Waals surface area contributed by atoms with Crippen LogP contribution in [0.2, 0.25) is 0 Å². The molecule has 4 N–H and O–H groups in total. The molecule has 0 aliphatic heterocycles. The molecule has 0 radical (unpaired) electrons. The highest BCUT2D eigenvalue weighted by atomic mass is 35.5. The third-order valence-electron chi connectivity index (χ3n) is 4.02. The molecule has 4 aromatic carbocycles. The maximum atomic E-state index is 6.22. The summed E-state index contributed by atoms with van der Waals surface area (Å²) in [6.45, 7) is 0. The number of nitrogen functional groups attached to an aromatic ring is 2. The summed E-state index contributed by atoms with van der Waals surface area (Å²) in [4.78, 5) is 0. The van der Waals surface area contributed by atoms with Crippen molar-refractivity contribution in [3.05, 3.63) is 72.8 Å². The van der Waals surface area contributed by atoms with Gasteiger partial charge in [0.05, 0.1) is 11.4 Å². The zero-order chi connectivity index (χ0) is 15.8. The van der Waals surface area contributed by atoms with Gasteiger partial charge in [-0.15, -0.1) is 12.4 Å². The summed E-state index contributed by atoms with van der Waals surface area (Å²) in [6, 6.07) is 23.7. The van der Waals surface area contributed by atoms with Crippen molar-refractivity contribution in [1.82, 2.24) is 0 Å². The zero-order valence-corrected chi connectivity index (χ0v) is 13.7. The number of rotatable bonds is 2. The molecule has 120 valence electrons. The third kappa shape index (κ3) is 2.59. The fourth-order valence-electron chi connectivity index (χ4n) is 2.85. The van der Waals surface area contributed by atoms with E-state index < -0.39 is 0 Å². The number of benzene rings is 4. The van der Waals surface area contributed by atoms with Gasteiger partial charge in [0.15, 0.2) is 11.5 Å². The molecule has 0 unspecified atom stereocenters. The van der Waals surface area contributed by atoms with Crippen LogP contribution in [0.1, 0.15) is 0 Å². The highest BCUT2D eigenvalue weighted by molar-refractivity contribution is 5.96. The first-order valence-corrected chi connectivity index (χ1v) is 7.46. The van der Waals surface area contributed by atoms with Crippen molar-refractivity contribution >= 4 is 45.3 Å². The van der Waals surface area contributed by atoms with Crippen molar-refractivity contribution in [3.8, 4) is 11.5 Å². The zero-order valence-electron chi connectivity index (χ0n) is 12.9. The second kappa shape index (κ2) is 6.30. The molecule has 0 atom stereocenters. The molecular weight excluding hydrogens is 320 g/mol. The average Bonchev–Trinajstić information content (AvgIpc) is 2.59. The number of hydrogen-bond acceptors (Lipinski definition) is 3. The SMILES string of the molecule is Cl.Nc1ccc2ccccc2c1Oc1c(N)ccc2ccccc12. The largest absolute Gasteiger partial charge is 0.452 e. The van der Waals surface area contributed by atoms with E-state index >= 15 is 0 Å².